The average Bonchev–Trinajstić information content (AvgIpc) is 2.44. The molecule has 1 rings (SSSR count). The first kappa shape index (κ1) is 19.8. The summed E-state index contributed by atoms with van der Waals surface area (Å²) >= 11 is 0. The summed E-state index contributed by atoms with van der Waals surface area (Å²) in [5.41, 5.74) is 5.49. The molecule has 7 nitrogen and oxygen atoms in total. The second kappa shape index (κ2) is 7.53. The van der Waals surface area contributed by atoms with Crippen molar-refractivity contribution in [3.8, 4) is 0 Å². The molecule has 1 aromatic rings. The Balaban J connectivity index is 2.95. The Morgan fingerprint density at radius 1 is 1.17 bits per heavy atom. The summed E-state index contributed by atoms with van der Waals surface area (Å²) in [4.78, 5) is 26.0. The fraction of sp³-hybridized carbons (Fsp3) is 0.529. The lowest BCUT2D eigenvalue weighted by atomic mass is 10.00. The van der Waals surface area contributed by atoms with E-state index in [0.717, 1.165) is 11.3 Å². The third-order valence-electron chi connectivity index (χ3n) is 3.21. The normalized spacial score (nSPS) is 13.6. The van der Waals surface area contributed by atoms with Crippen LogP contribution in [0.2, 0.25) is 0 Å². The van der Waals surface area contributed by atoms with Gasteiger partial charge in [-0.3, -0.25) is 11.1 Å². The van der Waals surface area contributed by atoms with E-state index in [9.17, 15) is 9.59 Å². The van der Waals surface area contributed by atoms with Crippen LogP contribution < -0.4 is 16.0 Å². The number of nitrogens with two attached hydrogens (primary N) is 1. The van der Waals surface area contributed by atoms with E-state index in [0.29, 0.717) is 0 Å². The van der Waals surface area contributed by atoms with E-state index in [-0.39, 0.29) is 6.42 Å². The van der Waals surface area contributed by atoms with Crippen molar-refractivity contribution < 1.29 is 19.1 Å². The quantitative estimate of drug-likeness (QED) is 0.627. The largest absolute Gasteiger partial charge is 0.466 e. The molecule has 3 N–H and O–H groups in total. The van der Waals surface area contributed by atoms with Crippen LogP contribution in [-0.2, 0) is 20.7 Å². The molecule has 0 saturated heterocycles. The fourth-order valence-electron chi connectivity index (χ4n) is 2.07. The van der Waals surface area contributed by atoms with Crippen molar-refractivity contribution in [1.82, 2.24) is 5.32 Å². The van der Waals surface area contributed by atoms with Crippen LogP contribution in [0.25, 0.3) is 0 Å². The molecule has 0 aliphatic heterocycles. The number of carbonyl (C=O) groups excluding carboxylic acids is 2. The van der Waals surface area contributed by atoms with Crippen LogP contribution in [0.1, 0.15) is 26.3 Å². The number of esters is 1. The number of benzene rings is 1. The van der Waals surface area contributed by atoms with Crippen molar-refractivity contribution in [3.63, 3.8) is 0 Å². The molecule has 0 saturated carbocycles. The number of carbonyl (C=O) groups is 2. The van der Waals surface area contributed by atoms with E-state index < -0.39 is 23.3 Å². The first-order valence-corrected chi connectivity index (χ1v) is 7.61. The molecule has 0 aromatic heterocycles. The van der Waals surface area contributed by atoms with Gasteiger partial charge in [0.2, 0.25) is 0 Å². The number of nitrogens with zero attached hydrogens (tertiary/aromatic N) is 1. The van der Waals surface area contributed by atoms with E-state index >= 15 is 0 Å². The SMILES string of the molecule is COC(=O)[C@@](N)(Cc1ccc(N(C)C)cc1)NC(=O)OC(C)(C)C. The van der Waals surface area contributed by atoms with Crippen molar-refractivity contribution in [2.75, 3.05) is 26.1 Å². The number of hydrogen-bond donors (Lipinski definition) is 2. The molecular weight excluding hydrogens is 310 g/mol. The maximum Gasteiger partial charge on any atom is 0.409 e. The number of ether oxygens (including phenoxy) is 2. The minimum absolute atomic E-state index is 0.0760. The Labute approximate surface area is 143 Å². The van der Waals surface area contributed by atoms with E-state index in [1.807, 2.05) is 43.3 Å². The van der Waals surface area contributed by atoms with Gasteiger partial charge in [0.1, 0.15) is 5.60 Å². The zero-order valence-corrected chi connectivity index (χ0v) is 15.2. The van der Waals surface area contributed by atoms with Gasteiger partial charge in [-0.1, -0.05) is 12.1 Å². The van der Waals surface area contributed by atoms with Gasteiger partial charge in [0.25, 0.3) is 0 Å². The molecule has 0 aliphatic carbocycles. The van der Waals surface area contributed by atoms with Crippen LogP contribution in [0.4, 0.5) is 10.5 Å². The summed E-state index contributed by atoms with van der Waals surface area (Å²) in [5, 5.41) is 2.42. The zero-order chi connectivity index (χ0) is 18.5. The van der Waals surface area contributed by atoms with Crippen molar-refractivity contribution in [1.29, 1.82) is 0 Å². The Morgan fingerprint density at radius 2 is 1.71 bits per heavy atom. The van der Waals surface area contributed by atoms with Gasteiger partial charge in [-0.05, 0) is 38.5 Å². The van der Waals surface area contributed by atoms with E-state index in [4.69, 9.17) is 15.2 Å². The monoisotopic (exact) mass is 337 g/mol. The van der Waals surface area contributed by atoms with Crippen molar-refractivity contribution in [2.24, 2.45) is 5.73 Å². The third-order valence-corrected chi connectivity index (χ3v) is 3.21. The maximum absolute atomic E-state index is 12.1. The van der Waals surface area contributed by atoms with Crippen LogP contribution in [0.3, 0.4) is 0 Å². The van der Waals surface area contributed by atoms with Crippen molar-refractivity contribution >= 4 is 17.7 Å². The molecular formula is C17H27N3O4. The molecule has 24 heavy (non-hydrogen) atoms. The molecule has 1 atom stereocenters. The van der Waals surface area contributed by atoms with E-state index in [2.05, 4.69) is 5.32 Å². The summed E-state index contributed by atoms with van der Waals surface area (Å²) in [6, 6.07) is 7.49. The smallest absolute Gasteiger partial charge is 0.409 e. The van der Waals surface area contributed by atoms with Crippen LogP contribution in [0.5, 0.6) is 0 Å². The lowest BCUT2D eigenvalue weighted by molar-refractivity contribution is -0.148. The highest BCUT2D eigenvalue weighted by atomic mass is 16.6. The van der Waals surface area contributed by atoms with Gasteiger partial charge < -0.3 is 14.4 Å². The molecule has 134 valence electrons. The highest BCUT2D eigenvalue weighted by molar-refractivity contribution is 5.85. The molecule has 1 amide bonds. The van der Waals surface area contributed by atoms with Crippen molar-refractivity contribution in [2.45, 2.75) is 38.5 Å². The van der Waals surface area contributed by atoms with Crippen LogP contribution in [0.15, 0.2) is 24.3 Å². The Hall–Kier alpha value is -2.28. The topological polar surface area (TPSA) is 93.9 Å². The number of rotatable bonds is 5. The molecule has 0 aliphatic rings. The van der Waals surface area contributed by atoms with Crippen molar-refractivity contribution in [3.05, 3.63) is 29.8 Å². The molecule has 0 bridgehead atoms. The second-order valence-corrected chi connectivity index (χ2v) is 6.83. The number of methoxy groups -OCH3 is 1. The number of alkyl carbamates (subject to hydrolysis) is 1. The summed E-state index contributed by atoms with van der Waals surface area (Å²) in [5.74, 6) is -0.745. The lowest BCUT2D eigenvalue weighted by Gasteiger charge is -2.29. The predicted octanol–water partition coefficient (Wildman–Crippen LogP) is 1.65. The van der Waals surface area contributed by atoms with Gasteiger partial charge in [0.15, 0.2) is 5.66 Å². The van der Waals surface area contributed by atoms with E-state index in [1.54, 1.807) is 20.8 Å². The van der Waals surface area contributed by atoms with Crippen LogP contribution in [0, 0.1) is 0 Å². The average molecular weight is 337 g/mol. The second-order valence-electron chi connectivity index (χ2n) is 6.83. The van der Waals surface area contributed by atoms with Gasteiger partial charge >= 0.3 is 12.1 Å². The first-order valence-electron chi connectivity index (χ1n) is 7.61. The molecule has 7 heteroatoms. The fourth-order valence-corrected chi connectivity index (χ4v) is 2.07. The van der Waals surface area contributed by atoms with Gasteiger partial charge in [-0.25, -0.2) is 9.59 Å². The van der Waals surface area contributed by atoms with Gasteiger partial charge in [0.05, 0.1) is 7.11 Å². The maximum atomic E-state index is 12.1. The molecule has 0 fully saturated rings. The molecule has 1 aromatic carbocycles. The molecule has 0 spiro atoms. The van der Waals surface area contributed by atoms with Crippen LogP contribution >= 0.6 is 0 Å². The Kier molecular flexibility index (Phi) is 6.20. The minimum atomic E-state index is -1.71. The van der Waals surface area contributed by atoms with E-state index in [1.165, 1.54) is 7.11 Å². The molecule has 0 heterocycles. The van der Waals surface area contributed by atoms with Gasteiger partial charge in [0, 0.05) is 26.2 Å². The summed E-state index contributed by atoms with van der Waals surface area (Å²) in [6.07, 6.45) is -0.701. The molecule has 0 radical (unpaired) electrons. The van der Waals surface area contributed by atoms with Crippen LogP contribution in [-0.4, -0.2) is 44.5 Å². The predicted molar refractivity (Wildman–Crippen MR) is 92.8 cm³/mol. The summed E-state index contributed by atoms with van der Waals surface area (Å²) < 4.78 is 9.91. The molecule has 0 unspecified atom stereocenters. The number of amides is 1. The summed E-state index contributed by atoms with van der Waals surface area (Å²) in [7, 11) is 5.08. The van der Waals surface area contributed by atoms with Gasteiger partial charge in [-0.15, -0.1) is 0 Å². The third kappa shape index (κ3) is 5.73. The number of nitrogens with one attached hydrogen (secondary N) is 1. The first-order chi connectivity index (χ1) is 11.0. The highest BCUT2D eigenvalue weighted by Crippen LogP contribution is 2.17. The number of anilines is 1. The Morgan fingerprint density at radius 3 is 2.12 bits per heavy atom. The highest BCUT2D eigenvalue weighted by Gasteiger charge is 2.38. The standard InChI is InChI=1S/C17H27N3O4/c1-16(2,3)24-15(22)19-17(18,14(21)23-6)11-12-7-9-13(10-8-12)20(4)5/h7-10H,11,18H2,1-6H3,(H,19,22)/t17-/m1/s1. The Bertz CT molecular complexity index is 578. The minimum Gasteiger partial charge on any atom is -0.466 e. The zero-order valence-electron chi connectivity index (χ0n) is 15.2. The lowest BCUT2D eigenvalue weighted by Crippen LogP contribution is -2.64. The number of hydrogen-bond acceptors (Lipinski definition) is 6. The van der Waals surface area contributed by atoms with Gasteiger partial charge in [-0.2, -0.15) is 0 Å². The summed E-state index contributed by atoms with van der Waals surface area (Å²) in [6.45, 7) is 5.18.